The van der Waals surface area contributed by atoms with Gasteiger partial charge in [0, 0.05) is 14.6 Å². The Balaban J connectivity index is 1.30. The van der Waals surface area contributed by atoms with E-state index in [9.17, 15) is 19.2 Å². The van der Waals surface area contributed by atoms with Gasteiger partial charge in [-0.05, 0) is 90.5 Å². The number of carbonyl (C=O) groups excluding carboxylic acids is 4. The fraction of sp³-hybridized carbons (Fsp3) is 0. The number of esters is 1. The molecule has 0 unspecified atom stereocenters. The third-order valence-corrected chi connectivity index (χ3v) is 6.34. The van der Waals surface area contributed by atoms with Crippen molar-refractivity contribution >= 4 is 73.1 Å². The quantitative estimate of drug-likeness (QED) is 0.0761. The molecule has 0 bridgehead atoms. The molecular weight excluding hydrogens is 644 g/mol. The van der Waals surface area contributed by atoms with E-state index in [4.69, 9.17) is 4.74 Å². The first kappa shape index (κ1) is 28.4. The molecule has 200 valence electrons. The van der Waals surface area contributed by atoms with Gasteiger partial charge >= 0.3 is 17.8 Å². The van der Waals surface area contributed by atoms with Crippen LogP contribution in [0.1, 0.15) is 26.3 Å². The number of rotatable bonds is 7. The Morgan fingerprint density at radius 1 is 0.700 bits per heavy atom. The van der Waals surface area contributed by atoms with Crippen molar-refractivity contribution in [2.75, 3.05) is 10.6 Å². The second-order valence-corrected chi connectivity index (χ2v) is 9.96. The number of benzene rings is 4. The van der Waals surface area contributed by atoms with E-state index in [2.05, 4.69) is 53.0 Å². The number of halogens is 2. The molecule has 0 aliphatic rings. The summed E-state index contributed by atoms with van der Waals surface area (Å²) in [5.74, 6) is -2.66. The smallest absolute Gasteiger partial charge is 0.343 e. The van der Waals surface area contributed by atoms with E-state index in [1.165, 1.54) is 18.3 Å². The van der Waals surface area contributed by atoms with Gasteiger partial charge in [0.1, 0.15) is 5.75 Å². The normalized spacial score (nSPS) is 10.6. The molecule has 40 heavy (non-hydrogen) atoms. The maximum atomic E-state index is 12.7. The summed E-state index contributed by atoms with van der Waals surface area (Å²) in [6, 6.07) is 26.5. The lowest BCUT2D eigenvalue weighted by molar-refractivity contribution is -0.136. The summed E-state index contributed by atoms with van der Waals surface area (Å²) >= 11 is 6.65. The molecule has 4 rings (SSSR count). The van der Waals surface area contributed by atoms with Gasteiger partial charge in [0.25, 0.3) is 5.91 Å². The average molecular weight is 664 g/mol. The second-order valence-electron chi connectivity index (χ2n) is 8.13. The van der Waals surface area contributed by atoms with Gasteiger partial charge in [0.05, 0.1) is 23.0 Å². The lowest BCUT2D eigenvalue weighted by Gasteiger charge is -2.11. The van der Waals surface area contributed by atoms with E-state index in [-0.39, 0.29) is 11.3 Å². The Kier molecular flexibility index (Phi) is 9.55. The molecule has 0 aromatic heterocycles. The minimum atomic E-state index is -1.03. The van der Waals surface area contributed by atoms with Crippen LogP contribution in [0.25, 0.3) is 0 Å². The monoisotopic (exact) mass is 662 g/mol. The van der Waals surface area contributed by atoms with Crippen LogP contribution in [0.4, 0.5) is 11.4 Å². The predicted octanol–water partition coefficient (Wildman–Crippen LogP) is 5.77. The van der Waals surface area contributed by atoms with Gasteiger partial charge < -0.3 is 15.4 Å². The number of nitrogens with zero attached hydrogens (tertiary/aromatic N) is 1. The number of nitrogens with one attached hydrogen (secondary N) is 3. The number of para-hydroxylation sites is 1. The molecule has 0 heterocycles. The van der Waals surface area contributed by atoms with Crippen molar-refractivity contribution < 1.29 is 23.9 Å². The molecule has 0 saturated carbocycles. The number of hydrogen-bond donors (Lipinski definition) is 3. The molecule has 0 atom stereocenters. The van der Waals surface area contributed by atoms with Crippen molar-refractivity contribution in [1.82, 2.24) is 5.43 Å². The fourth-order valence-corrected chi connectivity index (χ4v) is 3.82. The van der Waals surface area contributed by atoms with Gasteiger partial charge in [0.15, 0.2) is 0 Å². The molecule has 3 amide bonds. The van der Waals surface area contributed by atoms with Crippen LogP contribution in [0, 0.1) is 0 Å². The first-order valence-electron chi connectivity index (χ1n) is 11.7. The molecule has 0 fully saturated rings. The minimum absolute atomic E-state index is 0.162. The van der Waals surface area contributed by atoms with E-state index in [1.807, 2.05) is 0 Å². The topological polar surface area (TPSA) is 126 Å². The number of amides is 3. The zero-order valence-electron chi connectivity index (χ0n) is 20.6. The Morgan fingerprint density at radius 2 is 1.32 bits per heavy atom. The van der Waals surface area contributed by atoms with Gasteiger partial charge in [-0.25, -0.2) is 10.2 Å². The third kappa shape index (κ3) is 7.95. The van der Waals surface area contributed by atoms with E-state index in [0.29, 0.717) is 22.6 Å². The number of hydrogen-bond acceptors (Lipinski definition) is 6. The molecule has 9 nitrogen and oxygen atoms in total. The Morgan fingerprint density at radius 3 is 2.00 bits per heavy atom. The van der Waals surface area contributed by atoms with Gasteiger partial charge in [0.2, 0.25) is 0 Å². The highest BCUT2D eigenvalue weighted by atomic mass is 79.9. The Labute approximate surface area is 245 Å². The summed E-state index contributed by atoms with van der Waals surface area (Å²) in [4.78, 5) is 49.7. The fourth-order valence-electron chi connectivity index (χ4n) is 3.29. The molecule has 0 radical (unpaired) electrons. The van der Waals surface area contributed by atoms with Gasteiger partial charge in [-0.1, -0.05) is 44.0 Å². The van der Waals surface area contributed by atoms with Crippen LogP contribution in [0.15, 0.2) is 111 Å². The van der Waals surface area contributed by atoms with E-state index < -0.39 is 23.7 Å². The summed E-state index contributed by atoms with van der Waals surface area (Å²) < 4.78 is 7.05. The maximum Gasteiger partial charge on any atom is 0.343 e. The van der Waals surface area contributed by atoms with Gasteiger partial charge in [-0.2, -0.15) is 5.10 Å². The zero-order chi connectivity index (χ0) is 28.5. The van der Waals surface area contributed by atoms with Crippen molar-refractivity contribution in [1.29, 1.82) is 0 Å². The SMILES string of the molecule is O=C(NN=Cc1ccc(OC(=O)c2ccc(Br)cc2)cc1)C(=O)Nc1ccccc1C(=O)Nc1ccc(Br)cc1. The molecule has 4 aromatic rings. The lowest BCUT2D eigenvalue weighted by atomic mass is 10.1. The van der Waals surface area contributed by atoms with Crippen LogP contribution in [0.2, 0.25) is 0 Å². The molecule has 4 aromatic carbocycles. The average Bonchev–Trinajstić information content (AvgIpc) is 2.95. The maximum absolute atomic E-state index is 12.7. The minimum Gasteiger partial charge on any atom is -0.423 e. The summed E-state index contributed by atoms with van der Waals surface area (Å²) in [5.41, 5.74) is 4.04. The largest absolute Gasteiger partial charge is 0.423 e. The van der Waals surface area contributed by atoms with Crippen molar-refractivity contribution in [2.45, 2.75) is 0 Å². The van der Waals surface area contributed by atoms with Crippen LogP contribution in [-0.4, -0.2) is 29.9 Å². The first-order valence-corrected chi connectivity index (χ1v) is 13.3. The Bertz CT molecular complexity index is 1570. The van der Waals surface area contributed by atoms with Crippen LogP contribution in [0.3, 0.4) is 0 Å². The van der Waals surface area contributed by atoms with E-state index in [1.54, 1.807) is 84.9 Å². The van der Waals surface area contributed by atoms with Crippen LogP contribution in [0.5, 0.6) is 5.75 Å². The lowest BCUT2D eigenvalue weighted by Crippen LogP contribution is -2.33. The van der Waals surface area contributed by atoms with E-state index >= 15 is 0 Å². The third-order valence-electron chi connectivity index (χ3n) is 5.28. The molecular formula is C29H20Br2N4O5. The number of hydrazone groups is 1. The molecule has 3 N–H and O–H groups in total. The number of anilines is 2. The standard InChI is InChI=1S/C29H20Br2N4O5/c30-20-9-7-19(8-10-20)29(39)40-23-15-5-18(6-16-23)17-32-35-28(38)27(37)34-25-4-2-1-3-24(25)26(36)33-22-13-11-21(31)12-14-22/h1-17H,(H,33,36)(H,34,37)(H,35,38). The van der Waals surface area contributed by atoms with E-state index in [0.717, 1.165) is 8.95 Å². The molecule has 11 heteroatoms. The molecule has 0 spiro atoms. The summed E-state index contributed by atoms with van der Waals surface area (Å²) in [7, 11) is 0. The molecule has 0 aliphatic carbocycles. The molecule has 0 saturated heterocycles. The molecule has 0 aliphatic heterocycles. The summed E-state index contributed by atoms with van der Waals surface area (Å²) in [5, 5.41) is 8.96. The predicted molar refractivity (Wildman–Crippen MR) is 158 cm³/mol. The highest BCUT2D eigenvalue weighted by Gasteiger charge is 2.18. The van der Waals surface area contributed by atoms with Crippen LogP contribution < -0.4 is 20.8 Å². The number of ether oxygens (including phenoxy) is 1. The summed E-state index contributed by atoms with van der Waals surface area (Å²) in [6.07, 6.45) is 1.32. The number of carbonyl (C=O) groups is 4. The summed E-state index contributed by atoms with van der Waals surface area (Å²) in [6.45, 7) is 0. The van der Waals surface area contributed by atoms with Crippen molar-refractivity contribution in [3.8, 4) is 5.75 Å². The van der Waals surface area contributed by atoms with Crippen molar-refractivity contribution in [3.63, 3.8) is 0 Å². The first-order chi connectivity index (χ1) is 19.3. The highest BCUT2D eigenvalue weighted by molar-refractivity contribution is 9.10. The van der Waals surface area contributed by atoms with Crippen molar-refractivity contribution in [3.05, 3.63) is 123 Å². The van der Waals surface area contributed by atoms with Gasteiger partial charge in [-0.3, -0.25) is 14.4 Å². The van der Waals surface area contributed by atoms with Crippen molar-refractivity contribution in [2.24, 2.45) is 5.10 Å². The second kappa shape index (κ2) is 13.5. The highest BCUT2D eigenvalue weighted by Crippen LogP contribution is 2.19. The van der Waals surface area contributed by atoms with Crippen LogP contribution in [-0.2, 0) is 9.59 Å². The van der Waals surface area contributed by atoms with Crippen LogP contribution >= 0.6 is 31.9 Å². The van der Waals surface area contributed by atoms with Gasteiger partial charge in [-0.15, -0.1) is 0 Å². The zero-order valence-corrected chi connectivity index (χ0v) is 23.7. The Hall–Kier alpha value is -4.61.